The summed E-state index contributed by atoms with van der Waals surface area (Å²) in [6, 6.07) is 0. The molecule has 0 aliphatic heterocycles. The Hall–Kier alpha value is -1.29. The van der Waals surface area contributed by atoms with Crippen molar-refractivity contribution >= 4 is 5.91 Å². The first-order valence-electron chi connectivity index (χ1n) is 8.10. The van der Waals surface area contributed by atoms with Crippen LogP contribution in [0.15, 0.2) is 23.5 Å². The molecule has 0 aromatic rings. The molecule has 0 fully saturated rings. The lowest BCUT2D eigenvalue weighted by Gasteiger charge is -2.21. The van der Waals surface area contributed by atoms with Crippen molar-refractivity contribution in [1.82, 2.24) is 10.6 Å². The highest BCUT2D eigenvalue weighted by atomic mass is 16.5. The van der Waals surface area contributed by atoms with E-state index in [4.69, 9.17) is 4.74 Å². The third-order valence-electron chi connectivity index (χ3n) is 3.33. The van der Waals surface area contributed by atoms with Crippen LogP contribution in [0.1, 0.15) is 59.8 Å². The fourth-order valence-electron chi connectivity index (χ4n) is 2.26. The molecule has 0 bridgehead atoms. The molecule has 4 nitrogen and oxygen atoms in total. The van der Waals surface area contributed by atoms with E-state index in [1.807, 2.05) is 19.9 Å². The van der Waals surface area contributed by atoms with Gasteiger partial charge in [-0.3, -0.25) is 4.79 Å². The lowest BCUT2D eigenvalue weighted by Crippen LogP contribution is -2.29. The number of hydrogen-bond acceptors (Lipinski definition) is 3. The number of hydrogen-bond donors (Lipinski definition) is 2. The van der Waals surface area contributed by atoms with Gasteiger partial charge in [0.25, 0.3) is 0 Å². The third-order valence-corrected chi connectivity index (χ3v) is 3.33. The van der Waals surface area contributed by atoms with Crippen LogP contribution in [0.4, 0.5) is 0 Å². The largest absolute Gasteiger partial charge is 0.386 e. The molecule has 1 aliphatic rings. The zero-order valence-electron chi connectivity index (χ0n) is 13.9. The molecule has 2 N–H and O–H groups in total. The minimum absolute atomic E-state index is 0.131. The Morgan fingerprint density at radius 3 is 2.48 bits per heavy atom. The van der Waals surface area contributed by atoms with E-state index in [0.717, 1.165) is 37.9 Å². The number of nitrogens with one attached hydrogen (secondary N) is 2. The van der Waals surface area contributed by atoms with E-state index in [0.29, 0.717) is 6.42 Å². The highest BCUT2D eigenvalue weighted by molar-refractivity contribution is 5.77. The number of ether oxygens (including phenoxy) is 1. The lowest BCUT2D eigenvalue weighted by atomic mass is 10.1. The summed E-state index contributed by atoms with van der Waals surface area (Å²) in [5, 5.41) is 6.40. The topological polar surface area (TPSA) is 50.4 Å². The van der Waals surface area contributed by atoms with Crippen LogP contribution in [0.5, 0.6) is 0 Å². The van der Waals surface area contributed by atoms with E-state index in [-0.39, 0.29) is 18.1 Å². The highest BCUT2D eigenvalue weighted by Crippen LogP contribution is 2.15. The summed E-state index contributed by atoms with van der Waals surface area (Å²) < 4.78 is 5.69. The van der Waals surface area contributed by atoms with Crippen LogP contribution >= 0.6 is 0 Å². The van der Waals surface area contributed by atoms with Crippen LogP contribution in [-0.4, -0.2) is 24.7 Å². The number of unbranched alkanes of at least 4 members (excludes halogenated alkanes) is 1. The van der Waals surface area contributed by atoms with Crippen molar-refractivity contribution in [2.45, 2.75) is 72.0 Å². The van der Waals surface area contributed by atoms with Crippen molar-refractivity contribution in [3.05, 3.63) is 23.5 Å². The molecule has 120 valence electrons. The molecule has 0 spiro atoms. The second-order valence-corrected chi connectivity index (χ2v) is 5.91. The van der Waals surface area contributed by atoms with Gasteiger partial charge in [0.2, 0.25) is 5.91 Å². The van der Waals surface area contributed by atoms with Crippen molar-refractivity contribution in [3.8, 4) is 0 Å². The van der Waals surface area contributed by atoms with Gasteiger partial charge in [0.1, 0.15) is 0 Å². The minimum atomic E-state index is 0.131. The molecule has 1 aliphatic carbocycles. The number of rotatable bonds is 9. The fraction of sp³-hybridized carbons (Fsp3) is 0.706. The standard InChI is InChI=1S/C17H30N2O2/c1-5-6-7-17(20)19-16-10-8-15(9-11-16)18-12-14(4)21-13(2)3/h8,10,13-14,18H,5-7,9,11-12H2,1-4H3,(H,19,20)/t14-/m1/s1. The summed E-state index contributed by atoms with van der Waals surface area (Å²) in [6.45, 7) is 9.08. The van der Waals surface area contributed by atoms with Gasteiger partial charge in [-0.2, -0.15) is 0 Å². The van der Waals surface area contributed by atoms with Crippen LogP contribution in [0.25, 0.3) is 0 Å². The highest BCUT2D eigenvalue weighted by Gasteiger charge is 2.10. The Balaban J connectivity index is 2.32. The maximum Gasteiger partial charge on any atom is 0.224 e. The van der Waals surface area contributed by atoms with Gasteiger partial charge in [-0.15, -0.1) is 0 Å². The number of amides is 1. The summed E-state index contributed by atoms with van der Waals surface area (Å²) >= 11 is 0. The Bertz CT molecular complexity index is 386. The summed E-state index contributed by atoms with van der Waals surface area (Å²) in [4.78, 5) is 11.7. The fourth-order valence-corrected chi connectivity index (χ4v) is 2.26. The van der Waals surface area contributed by atoms with Gasteiger partial charge >= 0.3 is 0 Å². The maximum absolute atomic E-state index is 11.7. The van der Waals surface area contributed by atoms with E-state index >= 15 is 0 Å². The Morgan fingerprint density at radius 2 is 1.90 bits per heavy atom. The SMILES string of the molecule is CCCCC(=O)NC1=CC=C(NC[C@@H](C)OC(C)C)CC1. The van der Waals surface area contributed by atoms with Gasteiger partial charge in [-0.25, -0.2) is 0 Å². The average molecular weight is 294 g/mol. The van der Waals surface area contributed by atoms with Crippen molar-refractivity contribution in [1.29, 1.82) is 0 Å². The Morgan fingerprint density at radius 1 is 1.24 bits per heavy atom. The second-order valence-electron chi connectivity index (χ2n) is 5.91. The van der Waals surface area contributed by atoms with Crippen LogP contribution in [0.2, 0.25) is 0 Å². The molecule has 1 amide bonds. The molecule has 0 unspecified atom stereocenters. The molecule has 21 heavy (non-hydrogen) atoms. The lowest BCUT2D eigenvalue weighted by molar-refractivity contribution is -0.120. The van der Waals surface area contributed by atoms with Crippen molar-refractivity contribution in [3.63, 3.8) is 0 Å². The van der Waals surface area contributed by atoms with Crippen LogP contribution in [0, 0.1) is 0 Å². The normalized spacial score (nSPS) is 16.2. The molecule has 0 saturated heterocycles. The van der Waals surface area contributed by atoms with Crippen molar-refractivity contribution in [2.75, 3.05) is 6.54 Å². The van der Waals surface area contributed by atoms with Gasteiger partial charge < -0.3 is 15.4 Å². The molecular formula is C17H30N2O2. The molecular weight excluding hydrogens is 264 g/mol. The van der Waals surface area contributed by atoms with E-state index in [1.165, 1.54) is 5.70 Å². The number of carbonyl (C=O) groups is 1. The molecule has 4 heteroatoms. The van der Waals surface area contributed by atoms with E-state index in [9.17, 15) is 4.79 Å². The summed E-state index contributed by atoms with van der Waals surface area (Å²) in [6.07, 6.45) is 8.96. The first kappa shape index (κ1) is 17.8. The summed E-state index contributed by atoms with van der Waals surface area (Å²) in [7, 11) is 0. The monoisotopic (exact) mass is 294 g/mol. The van der Waals surface area contributed by atoms with E-state index in [1.54, 1.807) is 0 Å². The molecule has 1 rings (SSSR count). The van der Waals surface area contributed by atoms with Gasteiger partial charge in [0.05, 0.1) is 12.2 Å². The Labute approximate surface area is 129 Å². The minimum Gasteiger partial charge on any atom is -0.386 e. The smallest absolute Gasteiger partial charge is 0.224 e. The van der Waals surface area contributed by atoms with Gasteiger partial charge in [0, 0.05) is 24.4 Å². The van der Waals surface area contributed by atoms with Gasteiger partial charge in [-0.1, -0.05) is 13.3 Å². The molecule has 1 atom stereocenters. The zero-order valence-corrected chi connectivity index (χ0v) is 13.9. The first-order chi connectivity index (χ1) is 10.0. The second kappa shape index (κ2) is 9.61. The van der Waals surface area contributed by atoms with Crippen molar-refractivity contribution in [2.24, 2.45) is 0 Å². The average Bonchev–Trinajstić information content (AvgIpc) is 2.43. The van der Waals surface area contributed by atoms with E-state index < -0.39 is 0 Å². The summed E-state index contributed by atoms with van der Waals surface area (Å²) in [5.41, 5.74) is 2.23. The quantitative estimate of drug-likeness (QED) is 0.686. The number of allylic oxidation sites excluding steroid dienone is 4. The molecule has 0 heterocycles. The van der Waals surface area contributed by atoms with Gasteiger partial charge in [-0.05, 0) is 52.2 Å². The molecule has 0 radical (unpaired) electrons. The van der Waals surface area contributed by atoms with E-state index in [2.05, 4.69) is 30.6 Å². The number of carbonyl (C=O) groups excluding carboxylic acids is 1. The first-order valence-corrected chi connectivity index (χ1v) is 8.10. The van der Waals surface area contributed by atoms with Crippen molar-refractivity contribution < 1.29 is 9.53 Å². The predicted octanol–water partition coefficient (Wildman–Crippen LogP) is 3.26. The molecule has 0 saturated carbocycles. The third kappa shape index (κ3) is 7.90. The maximum atomic E-state index is 11.7. The molecule has 0 aromatic carbocycles. The summed E-state index contributed by atoms with van der Waals surface area (Å²) in [5.74, 6) is 0.131. The predicted molar refractivity (Wildman–Crippen MR) is 86.8 cm³/mol. The van der Waals surface area contributed by atoms with Crippen LogP contribution in [0.3, 0.4) is 0 Å². The zero-order chi connectivity index (χ0) is 15.7. The van der Waals surface area contributed by atoms with Gasteiger partial charge in [0.15, 0.2) is 0 Å². The Kier molecular flexibility index (Phi) is 8.13. The van der Waals surface area contributed by atoms with Crippen LogP contribution in [-0.2, 0) is 9.53 Å². The molecule has 0 aromatic heterocycles. The van der Waals surface area contributed by atoms with Crippen LogP contribution < -0.4 is 10.6 Å².